The molecule has 1 aromatic carbocycles. The zero-order valence-electron chi connectivity index (χ0n) is 9.76. The average molecular weight is 301 g/mol. The Labute approximate surface area is 110 Å². The van der Waals surface area contributed by atoms with Crippen molar-refractivity contribution in [3.05, 3.63) is 34.1 Å². The highest BCUT2D eigenvalue weighted by Gasteiger charge is 2.22. The molecule has 0 aliphatic heterocycles. The Bertz CT molecular complexity index is 380. The summed E-state index contributed by atoms with van der Waals surface area (Å²) in [5.74, 6) is 6.17. The van der Waals surface area contributed by atoms with Crippen molar-refractivity contribution < 1.29 is 4.39 Å². The molecule has 1 aliphatic rings. The van der Waals surface area contributed by atoms with Crippen molar-refractivity contribution in [3.63, 3.8) is 0 Å². The third-order valence-corrected chi connectivity index (χ3v) is 4.05. The predicted octanol–water partition coefficient (Wildman–Crippen LogP) is 3.15. The van der Waals surface area contributed by atoms with Gasteiger partial charge in [0.2, 0.25) is 0 Å². The fourth-order valence-corrected chi connectivity index (χ4v) is 2.71. The SMILES string of the molecule is NNC(Cc1cc(Br)ccc1F)CC1CCC1. The molecule has 0 heterocycles. The number of hydrazine groups is 1. The van der Waals surface area contributed by atoms with Crippen molar-refractivity contribution >= 4 is 15.9 Å². The van der Waals surface area contributed by atoms with Crippen molar-refractivity contribution in [2.75, 3.05) is 0 Å². The van der Waals surface area contributed by atoms with Crippen molar-refractivity contribution in [2.24, 2.45) is 11.8 Å². The van der Waals surface area contributed by atoms with Gasteiger partial charge in [-0.05, 0) is 42.5 Å². The topological polar surface area (TPSA) is 38.0 Å². The fourth-order valence-electron chi connectivity index (χ4n) is 2.31. The van der Waals surface area contributed by atoms with Crippen LogP contribution in [0.1, 0.15) is 31.2 Å². The molecule has 2 rings (SSSR count). The fraction of sp³-hybridized carbons (Fsp3) is 0.538. The first kappa shape index (κ1) is 13.0. The van der Waals surface area contributed by atoms with Gasteiger partial charge in [0, 0.05) is 10.5 Å². The Kier molecular flexibility index (Phi) is 4.54. The monoisotopic (exact) mass is 300 g/mol. The number of benzene rings is 1. The van der Waals surface area contributed by atoms with E-state index in [4.69, 9.17) is 5.84 Å². The lowest BCUT2D eigenvalue weighted by atomic mass is 9.80. The van der Waals surface area contributed by atoms with Crippen LogP contribution in [0.3, 0.4) is 0 Å². The lowest BCUT2D eigenvalue weighted by molar-refractivity contribution is 0.259. The third-order valence-electron chi connectivity index (χ3n) is 3.55. The van der Waals surface area contributed by atoms with Crippen LogP contribution >= 0.6 is 15.9 Å². The summed E-state index contributed by atoms with van der Waals surface area (Å²) in [7, 11) is 0. The van der Waals surface area contributed by atoms with Gasteiger partial charge in [-0.1, -0.05) is 35.2 Å². The van der Waals surface area contributed by atoms with Gasteiger partial charge in [0.05, 0.1) is 0 Å². The zero-order chi connectivity index (χ0) is 12.3. The molecule has 17 heavy (non-hydrogen) atoms. The van der Waals surface area contributed by atoms with Crippen LogP contribution in [0.15, 0.2) is 22.7 Å². The van der Waals surface area contributed by atoms with E-state index in [0.29, 0.717) is 6.42 Å². The molecule has 1 fully saturated rings. The van der Waals surface area contributed by atoms with Crippen molar-refractivity contribution in [1.29, 1.82) is 0 Å². The lowest BCUT2D eigenvalue weighted by Crippen LogP contribution is -2.39. The quantitative estimate of drug-likeness (QED) is 0.647. The van der Waals surface area contributed by atoms with Gasteiger partial charge >= 0.3 is 0 Å². The first-order chi connectivity index (χ1) is 8.19. The van der Waals surface area contributed by atoms with Gasteiger partial charge in [-0.15, -0.1) is 0 Å². The first-order valence-corrected chi connectivity index (χ1v) is 6.88. The zero-order valence-corrected chi connectivity index (χ0v) is 11.3. The second-order valence-corrected chi connectivity index (χ2v) is 5.75. The molecule has 2 nitrogen and oxygen atoms in total. The molecular formula is C13H18BrFN2. The summed E-state index contributed by atoms with van der Waals surface area (Å²) >= 11 is 3.37. The van der Waals surface area contributed by atoms with Gasteiger partial charge in [0.1, 0.15) is 5.82 Å². The molecule has 1 aliphatic carbocycles. The van der Waals surface area contributed by atoms with E-state index in [9.17, 15) is 4.39 Å². The molecule has 0 aromatic heterocycles. The molecule has 1 saturated carbocycles. The Hall–Kier alpha value is -0.450. The van der Waals surface area contributed by atoms with Crippen LogP contribution in [0.25, 0.3) is 0 Å². The molecule has 1 atom stereocenters. The third kappa shape index (κ3) is 3.50. The number of nitrogens with two attached hydrogens (primary N) is 1. The van der Waals surface area contributed by atoms with Crippen LogP contribution in [0.5, 0.6) is 0 Å². The minimum absolute atomic E-state index is 0.151. The molecule has 0 amide bonds. The molecule has 1 unspecified atom stereocenters. The number of nitrogens with one attached hydrogen (secondary N) is 1. The maximum Gasteiger partial charge on any atom is 0.126 e. The molecule has 4 heteroatoms. The molecule has 0 radical (unpaired) electrons. The summed E-state index contributed by atoms with van der Waals surface area (Å²) in [6.07, 6.45) is 5.60. The number of hydrogen-bond acceptors (Lipinski definition) is 2. The largest absolute Gasteiger partial charge is 0.271 e. The van der Waals surface area contributed by atoms with Gasteiger partial charge < -0.3 is 0 Å². The van der Waals surface area contributed by atoms with Crippen LogP contribution in [0, 0.1) is 11.7 Å². The predicted molar refractivity (Wildman–Crippen MR) is 70.9 cm³/mol. The lowest BCUT2D eigenvalue weighted by Gasteiger charge is -2.29. The van der Waals surface area contributed by atoms with Gasteiger partial charge in [0.25, 0.3) is 0 Å². The summed E-state index contributed by atoms with van der Waals surface area (Å²) in [5.41, 5.74) is 3.54. The molecule has 0 saturated heterocycles. The van der Waals surface area contributed by atoms with Crippen molar-refractivity contribution in [1.82, 2.24) is 5.43 Å². The highest BCUT2D eigenvalue weighted by atomic mass is 79.9. The summed E-state index contributed by atoms with van der Waals surface area (Å²) in [5, 5.41) is 0. The van der Waals surface area contributed by atoms with Crippen molar-refractivity contribution in [2.45, 2.75) is 38.1 Å². The van der Waals surface area contributed by atoms with E-state index in [0.717, 1.165) is 22.4 Å². The van der Waals surface area contributed by atoms with E-state index in [-0.39, 0.29) is 11.9 Å². The van der Waals surface area contributed by atoms with Crippen LogP contribution in [0.2, 0.25) is 0 Å². The van der Waals surface area contributed by atoms with E-state index < -0.39 is 0 Å². The summed E-state index contributed by atoms with van der Waals surface area (Å²) in [4.78, 5) is 0. The standard InChI is InChI=1S/C13H18BrFN2/c14-11-4-5-13(15)10(7-11)8-12(17-16)6-9-2-1-3-9/h4-5,7,9,12,17H,1-3,6,8,16H2. The van der Waals surface area contributed by atoms with E-state index in [1.54, 1.807) is 6.07 Å². The minimum atomic E-state index is -0.151. The Morgan fingerprint density at radius 1 is 1.47 bits per heavy atom. The van der Waals surface area contributed by atoms with Crippen LogP contribution in [-0.4, -0.2) is 6.04 Å². The molecule has 3 N–H and O–H groups in total. The Morgan fingerprint density at radius 2 is 2.24 bits per heavy atom. The maximum atomic E-state index is 13.6. The van der Waals surface area contributed by atoms with Gasteiger partial charge in [-0.3, -0.25) is 11.3 Å². The second kappa shape index (κ2) is 5.94. The first-order valence-electron chi connectivity index (χ1n) is 6.09. The van der Waals surface area contributed by atoms with Gasteiger partial charge in [-0.2, -0.15) is 0 Å². The van der Waals surface area contributed by atoms with Crippen LogP contribution in [-0.2, 0) is 6.42 Å². The summed E-state index contributed by atoms with van der Waals surface area (Å²) < 4.78 is 14.5. The van der Waals surface area contributed by atoms with Crippen LogP contribution < -0.4 is 11.3 Å². The maximum absolute atomic E-state index is 13.6. The van der Waals surface area contributed by atoms with Crippen LogP contribution in [0.4, 0.5) is 4.39 Å². The Morgan fingerprint density at radius 3 is 2.82 bits per heavy atom. The normalized spacial score (nSPS) is 17.8. The molecular weight excluding hydrogens is 283 g/mol. The molecule has 94 valence electrons. The number of hydrogen-bond donors (Lipinski definition) is 2. The van der Waals surface area contributed by atoms with E-state index in [2.05, 4.69) is 21.4 Å². The second-order valence-electron chi connectivity index (χ2n) is 4.84. The van der Waals surface area contributed by atoms with E-state index >= 15 is 0 Å². The smallest absolute Gasteiger partial charge is 0.126 e. The molecule has 0 bridgehead atoms. The average Bonchev–Trinajstić information content (AvgIpc) is 2.26. The summed E-state index contributed by atoms with van der Waals surface area (Å²) in [6, 6.07) is 5.22. The highest BCUT2D eigenvalue weighted by molar-refractivity contribution is 9.10. The molecule has 1 aromatic rings. The summed E-state index contributed by atoms with van der Waals surface area (Å²) in [6.45, 7) is 0. The highest BCUT2D eigenvalue weighted by Crippen LogP contribution is 2.31. The van der Waals surface area contributed by atoms with Crippen molar-refractivity contribution in [3.8, 4) is 0 Å². The van der Waals surface area contributed by atoms with Gasteiger partial charge in [-0.25, -0.2) is 4.39 Å². The van der Waals surface area contributed by atoms with E-state index in [1.807, 2.05) is 6.07 Å². The Balaban J connectivity index is 1.98. The minimum Gasteiger partial charge on any atom is -0.271 e. The van der Waals surface area contributed by atoms with Gasteiger partial charge in [0.15, 0.2) is 0 Å². The number of rotatable bonds is 5. The number of halogens is 2. The molecule has 0 spiro atoms. The van der Waals surface area contributed by atoms with E-state index in [1.165, 1.54) is 25.3 Å².